The van der Waals surface area contributed by atoms with Crippen LogP contribution in [0.25, 0.3) is 0 Å². The third kappa shape index (κ3) is 5.00. The number of rotatable bonds is 9. The normalized spacial score (nSPS) is 16.2. The summed E-state index contributed by atoms with van der Waals surface area (Å²) in [6, 6.07) is 5.66. The van der Waals surface area contributed by atoms with E-state index in [4.69, 9.17) is 9.47 Å². The fourth-order valence-electron chi connectivity index (χ4n) is 2.51. The highest BCUT2D eigenvalue weighted by Crippen LogP contribution is 2.21. The Morgan fingerprint density at radius 3 is 2.42 bits per heavy atom. The number of hydrogen-bond acceptors (Lipinski definition) is 6. The van der Waals surface area contributed by atoms with Crippen molar-refractivity contribution >= 4 is 21.8 Å². The van der Waals surface area contributed by atoms with Crippen LogP contribution in [0, 0.1) is 0 Å². The molecule has 1 heterocycles. The lowest BCUT2D eigenvalue weighted by Gasteiger charge is -2.15. The Morgan fingerprint density at radius 1 is 1.23 bits per heavy atom. The van der Waals surface area contributed by atoms with Crippen LogP contribution in [0.1, 0.15) is 30.1 Å². The number of nitrogens with zero attached hydrogens (tertiary/aromatic N) is 1. The van der Waals surface area contributed by atoms with Crippen LogP contribution in [0.4, 0.5) is 0 Å². The van der Waals surface area contributed by atoms with Gasteiger partial charge in [-0.25, -0.2) is 13.2 Å². The molecule has 0 aromatic heterocycles. The molecule has 26 heavy (non-hydrogen) atoms. The average Bonchev–Trinajstić information content (AvgIpc) is 3.19. The maximum absolute atomic E-state index is 12.4. The van der Waals surface area contributed by atoms with E-state index in [2.05, 4.69) is 6.58 Å². The molecule has 1 saturated heterocycles. The van der Waals surface area contributed by atoms with Crippen molar-refractivity contribution in [2.24, 2.45) is 0 Å². The third-order valence-electron chi connectivity index (χ3n) is 4.02. The van der Waals surface area contributed by atoms with Crippen molar-refractivity contribution in [3.63, 3.8) is 0 Å². The van der Waals surface area contributed by atoms with Gasteiger partial charge in [0.1, 0.15) is 0 Å². The molecule has 8 heteroatoms. The predicted molar refractivity (Wildman–Crippen MR) is 95.3 cm³/mol. The fraction of sp³-hybridized carbons (Fsp3) is 0.444. The van der Waals surface area contributed by atoms with E-state index < -0.39 is 34.5 Å². The van der Waals surface area contributed by atoms with Crippen LogP contribution in [0.15, 0.2) is 41.8 Å². The second-order valence-electron chi connectivity index (χ2n) is 5.93. The Kier molecular flexibility index (Phi) is 7.07. The van der Waals surface area contributed by atoms with Crippen LogP contribution < -0.4 is 0 Å². The molecule has 0 aliphatic carbocycles. The van der Waals surface area contributed by atoms with E-state index in [0.29, 0.717) is 13.1 Å². The number of benzene rings is 1. The monoisotopic (exact) mass is 381 g/mol. The van der Waals surface area contributed by atoms with Crippen LogP contribution in [0.5, 0.6) is 0 Å². The summed E-state index contributed by atoms with van der Waals surface area (Å²) < 4.78 is 36.4. The molecule has 0 amide bonds. The number of carbonyl (C=O) groups excluding carboxylic acids is 2. The molecule has 1 aliphatic rings. The molecule has 0 bridgehead atoms. The van der Waals surface area contributed by atoms with Crippen LogP contribution in [0.2, 0.25) is 0 Å². The fourth-order valence-corrected chi connectivity index (χ4v) is 4.03. The van der Waals surface area contributed by atoms with Gasteiger partial charge in [-0.1, -0.05) is 6.08 Å². The zero-order valence-corrected chi connectivity index (χ0v) is 15.5. The lowest BCUT2D eigenvalue weighted by atomic mass is 10.1. The van der Waals surface area contributed by atoms with Gasteiger partial charge < -0.3 is 9.47 Å². The minimum absolute atomic E-state index is 0.152. The van der Waals surface area contributed by atoms with Gasteiger partial charge in [0.05, 0.1) is 11.5 Å². The smallest absolute Gasteiger partial charge is 0.335 e. The van der Waals surface area contributed by atoms with E-state index in [-0.39, 0.29) is 17.1 Å². The molecule has 0 N–H and O–H groups in total. The highest BCUT2D eigenvalue weighted by Gasteiger charge is 2.27. The molecular weight excluding hydrogens is 358 g/mol. The molecule has 0 radical (unpaired) electrons. The highest BCUT2D eigenvalue weighted by atomic mass is 32.2. The number of carbonyl (C=O) groups is 2. The Balaban J connectivity index is 1.94. The second kappa shape index (κ2) is 9.07. The van der Waals surface area contributed by atoms with Crippen molar-refractivity contribution in [1.82, 2.24) is 4.31 Å². The molecule has 0 saturated carbocycles. The first-order valence-electron chi connectivity index (χ1n) is 8.39. The van der Waals surface area contributed by atoms with E-state index in [1.165, 1.54) is 41.6 Å². The van der Waals surface area contributed by atoms with Crippen LogP contribution >= 0.6 is 0 Å². The second-order valence-corrected chi connectivity index (χ2v) is 7.87. The van der Waals surface area contributed by atoms with Gasteiger partial charge in [-0.3, -0.25) is 4.79 Å². The minimum Gasteiger partial charge on any atom is -0.455 e. The first-order valence-corrected chi connectivity index (χ1v) is 9.83. The topological polar surface area (TPSA) is 90.0 Å². The summed E-state index contributed by atoms with van der Waals surface area (Å²) in [6.45, 7) is 5.81. The summed E-state index contributed by atoms with van der Waals surface area (Å²) in [6.07, 6.45) is 2.42. The molecule has 0 spiro atoms. The van der Waals surface area contributed by atoms with Gasteiger partial charge in [-0.2, -0.15) is 4.31 Å². The van der Waals surface area contributed by atoms with E-state index in [1.54, 1.807) is 0 Å². The molecule has 1 fully saturated rings. The Bertz CT molecular complexity index is 750. The van der Waals surface area contributed by atoms with Gasteiger partial charge in [-0.05, 0) is 44.0 Å². The molecule has 2 rings (SSSR count). The van der Waals surface area contributed by atoms with E-state index in [0.717, 1.165) is 12.8 Å². The van der Waals surface area contributed by atoms with Gasteiger partial charge in [0.2, 0.25) is 10.0 Å². The maximum atomic E-state index is 12.4. The Hall–Kier alpha value is -2.03. The molecule has 142 valence electrons. The first-order chi connectivity index (χ1) is 12.4. The molecule has 1 atom stereocenters. The van der Waals surface area contributed by atoms with Gasteiger partial charge in [0.15, 0.2) is 18.5 Å². The van der Waals surface area contributed by atoms with E-state index in [9.17, 15) is 18.0 Å². The zero-order chi connectivity index (χ0) is 19.2. The summed E-state index contributed by atoms with van der Waals surface area (Å²) in [5.41, 5.74) is 0.276. The molecule has 1 aliphatic heterocycles. The van der Waals surface area contributed by atoms with Crippen LogP contribution in [-0.2, 0) is 24.3 Å². The zero-order valence-electron chi connectivity index (χ0n) is 14.7. The molecule has 7 nitrogen and oxygen atoms in total. The van der Waals surface area contributed by atoms with Gasteiger partial charge >= 0.3 is 5.97 Å². The SMILES string of the molecule is C=CCOC(C)C(=O)OCC(=O)c1ccc(S(=O)(=O)N2CCCC2)cc1. The summed E-state index contributed by atoms with van der Waals surface area (Å²) >= 11 is 0. The Morgan fingerprint density at radius 2 is 1.85 bits per heavy atom. The quantitative estimate of drug-likeness (QED) is 0.368. The minimum atomic E-state index is -3.51. The summed E-state index contributed by atoms with van der Waals surface area (Å²) in [5.74, 6) is -1.06. The molecule has 1 unspecified atom stereocenters. The van der Waals surface area contributed by atoms with Crippen molar-refractivity contribution in [2.75, 3.05) is 26.3 Å². The van der Waals surface area contributed by atoms with Gasteiger partial charge in [0.25, 0.3) is 0 Å². The van der Waals surface area contributed by atoms with E-state index in [1.807, 2.05) is 0 Å². The van der Waals surface area contributed by atoms with Crippen molar-refractivity contribution in [2.45, 2.75) is 30.8 Å². The molecular formula is C18H23NO6S. The largest absolute Gasteiger partial charge is 0.455 e. The summed E-state index contributed by atoms with van der Waals surface area (Å²) in [4.78, 5) is 24.0. The van der Waals surface area contributed by atoms with Crippen molar-refractivity contribution in [3.8, 4) is 0 Å². The number of ether oxygens (including phenoxy) is 2. The first kappa shape index (κ1) is 20.3. The highest BCUT2D eigenvalue weighted by molar-refractivity contribution is 7.89. The van der Waals surface area contributed by atoms with Gasteiger partial charge in [0, 0.05) is 18.7 Å². The number of ketones is 1. The number of Topliss-reactive ketones (excluding diaryl/α,β-unsaturated/α-hetero) is 1. The number of hydrogen-bond donors (Lipinski definition) is 0. The molecule has 1 aromatic carbocycles. The van der Waals surface area contributed by atoms with Gasteiger partial charge in [-0.15, -0.1) is 6.58 Å². The standard InChI is InChI=1S/C18H23NO6S/c1-3-12-24-14(2)18(21)25-13-17(20)15-6-8-16(9-7-15)26(22,23)19-10-4-5-11-19/h3,6-9,14H,1,4-5,10-13H2,2H3. The summed E-state index contributed by atoms with van der Waals surface area (Å²) in [5, 5.41) is 0. The van der Waals surface area contributed by atoms with Crippen molar-refractivity contribution in [1.29, 1.82) is 0 Å². The van der Waals surface area contributed by atoms with Crippen LogP contribution in [-0.4, -0.2) is 56.9 Å². The summed E-state index contributed by atoms with van der Waals surface area (Å²) in [7, 11) is -3.51. The third-order valence-corrected chi connectivity index (χ3v) is 5.93. The average molecular weight is 381 g/mol. The predicted octanol–water partition coefficient (Wildman–Crippen LogP) is 1.79. The van der Waals surface area contributed by atoms with Crippen molar-refractivity contribution in [3.05, 3.63) is 42.5 Å². The molecule has 1 aromatic rings. The van der Waals surface area contributed by atoms with Crippen LogP contribution in [0.3, 0.4) is 0 Å². The lowest BCUT2D eigenvalue weighted by Crippen LogP contribution is -2.28. The lowest BCUT2D eigenvalue weighted by molar-refractivity contribution is -0.154. The van der Waals surface area contributed by atoms with Crippen molar-refractivity contribution < 1.29 is 27.5 Å². The number of sulfonamides is 1. The Labute approximate surface area is 153 Å². The van der Waals surface area contributed by atoms with E-state index >= 15 is 0 Å². The number of esters is 1. The maximum Gasteiger partial charge on any atom is 0.335 e.